The van der Waals surface area contributed by atoms with Gasteiger partial charge in [-0.2, -0.15) is 13.2 Å². The maximum absolute atomic E-state index is 13.4. The first-order valence-corrected chi connectivity index (χ1v) is 11.2. The van der Waals surface area contributed by atoms with Gasteiger partial charge in [-0.15, -0.1) is 11.3 Å². The molecular formula is C22H18F3N7O3S. The number of aliphatic imine (C=N–C) groups is 1. The summed E-state index contributed by atoms with van der Waals surface area (Å²) >= 11 is 1.35. The van der Waals surface area contributed by atoms with Crippen molar-refractivity contribution in [3.05, 3.63) is 76.1 Å². The number of carbonyl (C=O) groups excluding carboxylic acids is 1. The second-order valence-corrected chi connectivity index (χ2v) is 8.53. The molecule has 0 aliphatic carbocycles. The normalized spacial score (nSPS) is 11.9. The van der Waals surface area contributed by atoms with E-state index in [1.807, 2.05) is 0 Å². The minimum absolute atomic E-state index is 0.0472. The number of hydrogen-bond donors (Lipinski definition) is 2. The maximum Gasteiger partial charge on any atom is 0.416 e. The number of aryl methyl sites for hydroxylation is 1. The van der Waals surface area contributed by atoms with Gasteiger partial charge in [0.2, 0.25) is 11.8 Å². The first kappa shape index (κ1) is 24.8. The van der Waals surface area contributed by atoms with Crippen LogP contribution in [-0.2, 0) is 19.1 Å². The third-order valence-electron chi connectivity index (χ3n) is 4.55. The van der Waals surface area contributed by atoms with Gasteiger partial charge in [-0.25, -0.2) is 9.78 Å². The number of pyridine rings is 1. The number of nitrogens with zero attached hydrogens (tertiary/aromatic N) is 5. The van der Waals surface area contributed by atoms with Gasteiger partial charge in [0.25, 0.3) is 6.20 Å². The molecule has 0 fully saturated rings. The zero-order chi connectivity index (χ0) is 25.7. The van der Waals surface area contributed by atoms with E-state index in [1.54, 1.807) is 36.7 Å². The van der Waals surface area contributed by atoms with Crippen LogP contribution in [0, 0.1) is 6.92 Å². The number of alkyl halides is 3. The fourth-order valence-electron chi connectivity index (χ4n) is 3.08. The molecule has 2 N–H and O–H groups in total. The zero-order valence-corrected chi connectivity index (χ0v) is 19.4. The Hall–Kier alpha value is -4.33. The summed E-state index contributed by atoms with van der Waals surface area (Å²) in [4.78, 5) is 24.4. The molecule has 10 nitrogen and oxygen atoms in total. The second kappa shape index (κ2) is 10.5. The Labute approximate surface area is 206 Å². The van der Waals surface area contributed by atoms with Crippen molar-refractivity contribution < 1.29 is 32.3 Å². The van der Waals surface area contributed by atoms with Crippen LogP contribution in [0.2, 0.25) is 0 Å². The first-order valence-electron chi connectivity index (χ1n) is 10.4. The third-order valence-corrected chi connectivity index (χ3v) is 5.38. The topological polar surface area (TPSA) is 132 Å². The van der Waals surface area contributed by atoms with Crippen molar-refractivity contribution in [1.82, 2.24) is 15.2 Å². The van der Waals surface area contributed by atoms with Crippen LogP contribution in [0.4, 0.5) is 35.2 Å². The Balaban J connectivity index is 1.47. The lowest BCUT2D eigenvalue weighted by atomic mass is 10.1. The predicted molar refractivity (Wildman–Crippen MR) is 122 cm³/mol. The maximum atomic E-state index is 13.4. The molecule has 0 bridgehead atoms. The first-order chi connectivity index (χ1) is 17.1. The summed E-state index contributed by atoms with van der Waals surface area (Å²) in [6.45, 7) is 2.05. The Morgan fingerprint density at radius 1 is 1.22 bits per heavy atom. The van der Waals surface area contributed by atoms with E-state index in [2.05, 4.69) is 30.9 Å². The van der Waals surface area contributed by atoms with Crippen molar-refractivity contribution in [2.75, 3.05) is 10.6 Å². The summed E-state index contributed by atoms with van der Waals surface area (Å²) in [5.41, 5.74) is -0.386. The molecule has 2 amide bonds. The number of hydrogen-bond acceptors (Lipinski definition) is 8. The van der Waals surface area contributed by atoms with Crippen molar-refractivity contribution in [3.8, 4) is 0 Å². The molecule has 14 heteroatoms. The highest BCUT2D eigenvalue weighted by Crippen LogP contribution is 2.34. The van der Waals surface area contributed by atoms with E-state index in [0.717, 1.165) is 23.2 Å². The van der Waals surface area contributed by atoms with E-state index in [1.165, 1.54) is 22.2 Å². The Bertz CT molecular complexity index is 1390. The highest BCUT2D eigenvalue weighted by Gasteiger charge is 2.31. The summed E-state index contributed by atoms with van der Waals surface area (Å²) in [6, 6.07) is 7.07. The van der Waals surface area contributed by atoms with Gasteiger partial charge in [0.15, 0.2) is 0 Å². The summed E-state index contributed by atoms with van der Waals surface area (Å²) in [6.07, 6.45) is -1.88. The van der Waals surface area contributed by atoms with Crippen molar-refractivity contribution in [3.63, 3.8) is 0 Å². The number of aromatic nitrogens is 4. The largest absolute Gasteiger partial charge is 0.861 e. The van der Waals surface area contributed by atoms with E-state index < -0.39 is 23.7 Å². The number of benzene rings is 1. The highest BCUT2D eigenvalue weighted by molar-refractivity contribution is 7.09. The van der Waals surface area contributed by atoms with Gasteiger partial charge in [-0.1, -0.05) is 6.07 Å². The summed E-state index contributed by atoms with van der Waals surface area (Å²) in [5, 5.41) is 23.1. The van der Waals surface area contributed by atoms with Crippen LogP contribution in [0.1, 0.15) is 22.0 Å². The van der Waals surface area contributed by atoms with Crippen molar-refractivity contribution >= 4 is 40.5 Å². The molecule has 0 radical (unpaired) electrons. The zero-order valence-electron chi connectivity index (χ0n) is 18.6. The van der Waals surface area contributed by atoms with E-state index in [4.69, 9.17) is 4.52 Å². The van der Waals surface area contributed by atoms with E-state index >= 15 is 0 Å². The number of nitrogens with one attached hydrogen (secondary N) is 2. The molecule has 3 heterocycles. The van der Waals surface area contributed by atoms with Crippen LogP contribution < -0.4 is 20.4 Å². The number of carbonyl (C=O) groups is 1. The van der Waals surface area contributed by atoms with Crippen molar-refractivity contribution in [1.29, 1.82) is 0 Å². The lowest BCUT2D eigenvalue weighted by Gasteiger charge is -2.13. The van der Waals surface area contributed by atoms with Gasteiger partial charge < -0.3 is 10.4 Å². The van der Waals surface area contributed by atoms with Crippen LogP contribution >= 0.6 is 11.3 Å². The number of halogens is 3. The molecule has 0 unspecified atom stereocenters. The van der Waals surface area contributed by atoms with Crippen LogP contribution in [0.5, 0.6) is 0 Å². The highest BCUT2D eigenvalue weighted by atomic mass is 32.1. The van der Waals surface area contributed by atoms with Gasteiger partial charge in [0.1, 0.15) is 5.69 Å². The average molecular weight is 517 g/mol. The van der Waals surface area contributed by atoms with Crippen molar-refractivity contribution in [2.45, 2.75) is 26.1 Å². The van der Waals surface area contributed by atoms with Gasteiger partial charge in [-0.3, -0.25) is 19.8 Å². The second-order valence-electron chi connectivity index (χ2n) is 7.47. The third kappa shape index (κ3) is 6.85. The number of rotatable bonds is 7. The number of urea groups is 1. The molecule has 0 aliphatic rings. The molecule has 0 atom stereocenters. The van der Waals surface area contributed by atoms with E-state index in [-0.39, 0.29) is 30.2 Å². The average Bonchev–Trinajstić information content (AvgIpc) is 3.41. The standard InChI is InChI=1S/C22H18F3N7O3S/c1-13-27-18(12-36-13)9-19(33)28-16-6-14(22(23,24)25)7-17(8-16)29-21(34)30-20-11-32(31-35-20)10-15-4-2-3-5-26-15/h2-8,11-12H,9-10H2,1H3,(H2-,28,29,30,31,33,34). The van der Waals surface area contributed by atoms with Gasteiger partial charge in [-0.05, 0) is 47.8 Å². The number of thiazole rings is 1. The quantitative estimate of drug-likeness (QED) is 0.219. The molecule has 186 valence electrons. The van der Waals surface area contributed by atoms with Crippen LogP contribution in [-0.4, -0.2) is 27.2 Å². The van der Waals surface area contributed by atoms with Gasteiger partial charge in [0.05, 0.1) is 22.0 Å². The monoisotopic (exact) mass is 517 g/mol. The lowest BCUT2D eigenvalue weighted by Crippen LogP contribution is -2.35. The van der Waals surface area contributed by atoms with Gasteiger partial charge >= 0.3 is 18.1 Å². The molecule has 1 aromatic carbocycles. The number of anilines is 2. The summed E-state index contributed by atoms with van der Waals surface area (Å²) in [5.74, 6) is -0.719. The van der Waals surface area contributed by atoms with E-state index in [0.29, 0.717) is 11.4 Å². The smallest absolute Gasteiger partial charge is 0.416 e. The summed E-state index contributed by atoms with van der Waals surface area (Å²) < 4.78 is 46.6. The molecule has 4 rings (SSSR count). The van der Waals surface area contributed by atoms with Crippen molar-refractivity contribution in [2.24, 2.45) is 4.99 Å². The lowest BCUT2D eigenvalue weighted by molar-refractivity contribution is -0.755. The van der Waals surface area contributed by atoms with E-state index in [9.17, 15) is 23.1 Å². The summed E-state index contributed by atoms with van der Waals surface area (Å²) in [7, 11) is 0. The molecule has 3 aromatic heterocycles. The van der Waals surface area contributed by atoms with Crippen LogP contribution in [0.15, 0.2) is 63.7 Å². The Morgan fingerprint density at radius 3 is 2.75 bits per heavy atom. The molecular weight excluding hydrogens is 499 g/mol. The minimum Gasteiger partial charge on any atom is -0.861 e. The molecule has 0 spiro atoms. The Kier molecular flexibility index (Phi) is 7.24. The molecule has 0 aliphatic heterocycles. The molecule has 36 heavy (non-hydrogen) atoms. The minimum atomic E-state index is -4.73. The predicted octanol–water partition coefficient (Wildman–Crippen LogP) is 3.47. The molecule has 0 saturated carbocycles. The molecule has 4 aromatic rings. The van der Waals surface area contributed by atoms with Crippen LogP contribution in [0.25, 0.3) is 0 Å². The Morgan fingerprint density at radius 2 is 2.06 bits per heavy atom. The number of amides is 2. The van der Waals surface area contributed by atoms with Gasteiger partial charge in [0, 0.05) is 23.7 Å². The SMILES string of the molecule is Cc1nc(CC([O-])=Nc2cc(NC(=O)Nc3c[n+](Cc4ccccn4)no3)cc(C(F)(F)F)c2)cs1. The fourth-order valence-corrected chi connectivity index (χ4v) is 3.69. The molecule has 0 saturated heterocycles. The fraction of sp³-hybridized carbons (Fsp3) is 0.182. The van der Waals surface area contributed by atoms with Crippen LogP contribution in [0.3, 0.4) is 0 Å².